The molecule has 0 fully saturated rings. The lowest BCUT2D eigenvalue weighted by molar-refractivity contribution is 0.0935. The normalized spacial score (nSPS) is 12.9. The van der Waals surface area contributed by atoms with Crippen molar-refractivity contribution in [2.24, 2.45) is 0 Å². The van der Waals surface area contributed by atoms with Crippen molar-refractivity contribution in [2.75, 3.05) is 33.7 Å². The van der Waals surface area contributed by atoms with Gasteiger partial charge in [0, 0.05) is 26.2 Å². The first-order valence-electron chi connectivity index (χ1n) is 9.41. The maximum absolute atomic E-state index is 12.6. The average Bonchev–Trinajstić information content (AvgIpc) is 2.71. The molecule has 0 aromatic heterocycles. The van der Waals surface area contributed by atoms with E-state index in [9.17, 15) is 13.2 Å². The summed E-state index contributed by atoms with van der Waals surface area (Å²) in [4.78, 5) is 15.0. The number of benzene rings is 2. The minimum atomic E-state index is -3.50. The van der Waals surface area contributed by atoms with Crippen molar-refractivity contribution in [3.63, 3.8) is 0 Å². The molecule has 2 aromatic carbocycles. The lowest BCUT2D eigenvalue weighted by Gasteiger charge is -2.30. The molecule has 2 rings (SSSR count). The van der Waals surface area contributed by atoms with Crippen molar-refractivity contribution in [1.29, 1.82) is 0 Å². The van der Waals surface area contributed by atoms with E-state index in [1.165, 1.54) is 26.2 Å². The van der Waals surface area contributed by atoms with Crippen LogP contribution in [0.15, 0.2) is 59.5 Å². The van der Waals surface area contributed by atoms with Crippen LogP contribution in [-0.2, 0) is 10.0 Å². The predicted octanol–water partition coefficient (Wildman–Crippen LogP) is 2.75. The quantitative estimate of drug-likeness (QED) is 0.699. The molecule has 0 saturated carbocycles. The van der Waals surface area contributed by atoms with Gasteiger partial charge in [0.2, 0.25) is 10.0 Å². The van der Waals surface area contributed by atoms with Gasteiger partial charge in [-0.25, -0.2) is 12.7 Å². The summed E-state index contributed by atoms with van der Waals surface area (Å²) in [5.74, 6) is -0.220. The van der Waals surface area contributed by atoms with Crippen LogP contribution in [0.1, 0.15) is 35.8 Å². The van der Waals surface area contributed by atoms with E-state index in [1.54, 1.807) is 12.1 Å². The van der Waals surface area contributed by atoms with Crippen LogP contribution in [0.25, 0.3) is 0 Å². The number of nitrogens with zero attached hydrogens (tertiary/aromatic N) is 2. The fourth-order valence-corrected chi connectivity index (χ4v) is 3.98. The summed E-state index contributed by atoms with van der Waals surface area (Å²) < 4.78 is 25.4. The molecule has 6 nitrogen and oxygen atoms in total. The highest BCUT2D eigenvalue weighted by Crippen LogP contribution is 2.20. The van der Waals surface area contributed by atoms with Crippen LogP contribution in [0.2, 0.25) is 0 Å². The number of hydrogen-bond acceptors (Lipinski definition) is 4. The van der Waals surface area contributed by atoms with E-state index < -0.39 is 10.0 Å². The minimum Gasteiger partial charge on any atom is -0.350 e. The third-order valence-corrected chi connectivity index (χ3v) is 6.62. The fourth-order valence-electron chi connectivity index (χ4n) is 3.08. The molecule has 0 bridgehead atoms. The molecule has 0 saturated heterocycles. The number of rotatable bonds is 9. The Balaban J connectivity index is 2.12. The Kier molecular flexibility index (Phi) is 7.74. The molecule has 0 unspecified atom stereocenters. The summed E-state index contributed by atoms with van der Waals surface area (Å²) in [6.07, 6.45) is 0. The Morgan fingerprint density at radius 3 is 2.04 bits per heavy atom. The Bertz CT molecular complexity index is 862. The molecular formula is C21H29N3O3S. The van der Waals surface area contributed by atoms with Crippen molar-refractivity contribution < 1.29 is 13.2 Å². The van der Waals surface area contributed by atoms with Gasteiger partial charge in [0.1, 0.15) is 0 Å². The van der Waals surface area contributed by atoms with Gasteiger partial charge in [-0.3, -0.25) is 9.69 Å². The fraction of sp³-hybridized carbons (Fsp3) is 0.381. The van der Waals surface area contributed by atoms with E-state index >= 15 is 0 Å². The first kappa shape index (κ1) is 22.1. The lowest BCUT2D eigenvalue weighted by atomic mass is 10.0. The number of sulfonamides is 1. The molecule has 0 aliphatic rings. The van der Waals surface area contributed by atoms with E-state index in [1.807, 2.05) is 18.2 Å². The van der Waals surface area contributed by atoms with Crippen LogP contribution in [0, 0.1) is 0 Å². The van der Waals surface area contributed by atoms with Crippen molar-refractivity contribution in [3.05, 3.63) is 65.7 Å². The molecule has 0 spiro atoms. The zero-order chi connectivity index (χ0) is 20.7. The first-order chi connectivity index (χ1) is 13.3. The molecule has 1 N–H and O–H groups in total. The summed E-state index contributed by atoms with van der Waals surface area (Å²) in [7, 11) is -0.546. The van der Waals surface area contributed by atoms with Crippen molar-refractivity contribution in [2.45, 2.75) is 24.8 Å². The maximum Gasteiger partial charge on any atom is 0.251 e. The van der Waals surface area contributed by atoms with Gasteiger partial charge in [0.15, 0.2) is 0 Å². The van der Waals surface area contributed by atoms with Gasteiger partial charge < -0.3 is 5.32 Å². The van der Waals surface area contributed by atoms with Crippen molar-refractivity contribution >= 4 is 15.9 Å². The molecule has 0 aliphatic heterocycles. The topological polar surface area (TPSA) is 69.7 Å². The van der Waals surface area contributed by atoms with Crippen LogP contribution in [0.4, 0.5) is 0 Å². The Morgan fingerprint density at radius 2 is 1.54 bits per heavy atom. The Labute approximate surface area is 168 Å². The van der Waals surface area contributed by atoms with Gasteiger partial charge in [-0.15, -0.1) is 0 Å². The molecular weight excluding hydrogens is 374 g/mol. The van der Waals surface area contributed by atoms with Crippen LogP contribution >= 0.6 is 0 Å². The second-order valence-electron chi connectivity index (χ2n) is 6.67. The standard InChI is InChI=1S/C21H29N3O3S/c1-5-24(6-2)20(17-10-8-7-9-11-17)16-22-21(25)18-12-14-19(15-13-18)28(26,27)23(3)4/h7-15,20H,5-6,16H2,1-4H3,(H,22,25)/t20-/m1/s1. The number of nitrogens with one attached hydrogen (secondary N) is 1. The maximum atomic E-state index is 12.6. The number of likely N-dealkylation sites (N-methyl/N-ethyl adjacent to an activating group) is 1. The van der Waals surface area contributed by atoms with Crippen LogP contribution in [0.3, 0.4) is 0 Å². The molecule has 0 radical (unpaired) electrons. The first-order valence-corrected chi connectivity index (χ1v) is 10.8. The average molecular weight is 404 g/mol. The van der Waals surface area contributed by atoms with E-state index in [4.69, 9.17) is 0 Å². The monoisotopic (exact) mass is 403 g/mol. The third kappa shape index (κ3) is 5.19. The van der Waals surface area contributed by atoms with E-state index in [-0.39, 0.29) is 16.8 Å². The van der Waals surface area contributed by atoms with Gasteiger partial charge >= 0.3 is 0 Å². The summed E-state index contributed by atoms with van der Waals surface area (Å²) in [6.45, 7) is 6.44. The highest BCUT2D eigenvalue weighted by atomic mass is 32.2. The van der Waals surface area contributed by atoms with Gasteiger partial charge in [-0.1, -0.05) is 44.2 Å². The summed E-state index contributed by atoms with van der Waals surface area (Å²) in [5, 5.41) is 2.99. The highest BCUT2D eigenvalue weighted by Gasteiger charge is 2.20. The number of hydrogen-bond donors (Lipinski definition) is 1. The van der Waals surface area contributed by atoms with Gasteiger partial charge in [-0.05, 0) is 42.9 Å². The molecule has 0 aliphatic carbocycles. The second-order valence-corrected chi connectivity index (χ2v) is 8.82. The minimum absolute atomic E-state index is 0.0774. The smallest absolute Gasteiger partial charge is 0.251 e. The Morgan fingerprint density at radius 1 is 0.964 bits per heavy atom. The highest BCUT2D eigenvalue weighted by molar-refractivity contribution is 7.89. The van der Waals surface area contributed by atoms with Crippen LogP contribution < -0.4 is 5.32 Å². The molecule has 28 heavy (non-hydrogen) atoms. The van der Waals surface area contributed by atoms with Crippen molar-refractivity contribution in [3.8, 4) is 0 Å². The molecule has 7 heteroatoms. The lowest BCUT2D eigenvalue weighted by Crippen LogP contribution is -2.38. The van der Waals surface area contributed by atoms with Crippen molar-refractivity contribution in [1.82, 2.24) is 14.5 Å². The van der Waals surface area contributed by atoms with Gasteiger partial charge in [0.05, 0.1) is 10.9 Å². The van der Waals surface area contributed by atoms with Gasteiger partial charge in [0.25, 0.3) is 5.91 Å². The largest absolute Gasteiger partial charge is 0.350 e. The SMILES string of the molecule is CCN(CC)[C@H](CNC(=O)c1ccc(S(=O)(=O)N(C)C)cc1)c1ccccc1. The number of carbonyl (C=O) groups excluding carboxylic acids is 1. The molecule has 152 valence electrons. The Hall–Kier alpha value is -2.22. The summed E-state index contributed by atoms with van der Waals surface area (Å²) >= 11 is 0. The van der Waals surface area contributed by atoms with Gasteiger partial charge in [-0.2, -0.15) is 0 Å². The third-order valence-electron chi connectivity index (χ3n) is 4.79. The summed E-state index contributed by atoms with van der Waals surface area (Å²) in [5.41, 5.74) is 1.59. The van der Waals surface area contributed by atoms with Crippen LogP contribution in [0.5, 0.6) is 0 Å². The molecule has 0 heterocycles. The zero-order valence-corrected chi connectivity index (χ0v) is 17.7. The summed E-state index contributed by atoms with van der Waals surface area (Å²) in [6, 6.07) is 16.2. The molecule has 1 atom stereocenters. The second kappa shape index (κ2) is 9.82. The molecule has 2 aromatic rings. The van der Waals surface area contributed by atoms with E-state index in [0.29, 0.717) is 12.1 Å². The number of amides is 1. The van der Waals surface area contributed by atoms with E-state index in [0.717, 1.165) is 23.0 Å². The van der Waals surface area contributed by atoms with E-state index in [2.05, 4.69) is 36.2 Å². The molecule has 1 amide bonds. The number of carbonyl (C=O) groups is 1. The predicted molar refractivity (Wildman–Crippen MR) is 112 cm³/mol. The zero-order valence-electron chi connectivity index (χ0n) is 16.9. The van der Waals surface area contributed by atoms with Crippen LogP contribution in [-0.4, -0.2) is 57.3 Å².